The molecule has 0 spiro atoms. The molecule has 0 N–H and O–H groups in total. The number of likely N-dealkylation sites (N-methyl/N-ethyl adjacent to an activating group) is 1. The highest BCUT2D eigenvalue weighted by Crippen LogP contribution is 2.24. The van der Waals surface area contributed by atoms with Gasteiger partial charge in [-0.2, -0.15) is 0 Å². The number of hydrogen-bond donors (Lipinski definition) is 0. The van der Waals surface area contributed by atoms with Crippen LogP contribution in [0, 0.1) is 0 Å². The summed E-state index contributed by atoms with van der Waals surface area (Å²) in [7, 11) is 3.08. The second kappa shape index (κ2) is 5.54. The molecule has 0 aliphatic carbocycles. The van der Waals surface area contributed by atoms with Crippen molar-refractivity contribution in [2.45, 2.75) is 0 Å². The Morgan fingerprint density at radius 3 is 2.81 bits per heavy atom. The van der Waals surface area contributed by atoms with Gasteiger partial charge in [-0.25, -0.2) is 5.06 Å². The zero-order valence-electron chi connectivity index (χ0n) is 12.1. The van der Waals surface area contributed by atoms with Crippen LogP contribution in [0.15, 0.2) is 58.7 Å². The van der Waals surface area contributed by atoms with E-state index in [1.807, 2.05) is 42.5 Å². The molecule has 0 atom stereocenters. The number of rotatable bonds is 3. The average Bonchev–Trinajstić information content (AvgIpc) is 2.97. The molecular weight excluding hydrogens is 266 g/mol. The topological polar surface area (TPSA) is 45.1 Å². The van der Waals surface area contributed by atoms with Crippen LogP contribution in [0.2, 0.25) is 0 Å². The quantitative estimate of drug-likeness (QED) is 0.791. The van der Waals surface area contributed by atoms with Crippen LogP contribution >= 0.6 is 0 Å². The lowest BCUT2D eigenvalue weighted by Gasteiger charge is -2.25. The largest absolute Gasteiger partial charge is 0.324 e. The van der Waals surface area contributed by atoms with Crippen LogP contribution in [0.3, 0.4) is 0 Å². The number of carbonyl (C=O) groups excluding carboxylic acids is 1. The molecular formula is C16H17N3O2. The van der Waals surface area contributed by atoms with E-state index in [2.05, 4.69) is 9.89 Å². The summed E-state index contributed by atoms with van der Waals surface area (Å²) < 4.78 is 0. The molecule has 21 heavy (non-hydrogen) atoms. The van der Waals surface area contributed by atoms with Gasteiger partial charge >= 0.3 is 0 Å². The number of carbonyl (C=O) groups is 1. The molecule has 0 saturated heterocycles. The van der Waals surface area contributed by atoms with E-state index in [9.17, 15) is 4.79 Å². The van der Waals surface area contributed by atoms with Crippen LogP contribution < -0.4 is 0 Å². The van der Waals surface area contributed by atoms with Gasteiger partial charge in [0.15, 0.2) is 0 Å². The highest BCUT2D eigenvalue weighted by molar-refractivity contribution is 6.03. The van der Waals surface area contributed by atoms with Gasteiger partial charge in [-0.1, -0.05) is 36.4 Å². The summed E-state index contributed by atoms with van der Waals surface area (Å²) >= 11 is 0. The van der Waals surface area contributed by atoms with Crippen LogP contribution in [0.25, 0.3) is 0 Å². The van der Waals surface area contributed by atoms with Crippen molar-refractivity contribution in [3.05, 3.63) is 59.3 Å². The number of fused-ring (bicyclic) bond motifs is 1. The Hall–Kier alpha value is -2.40. The maximum absolute atomic E-state index is 12.1. The highest BCUT2D eigenvalue weighted by Gasteiger charge is 2.27. The molecule has 1 aromatic carbocycles. The van der Waals surface area contributed by atoms with Crippen LogP contribution in [0.1, 0.15) is 5.56 Å². The number of aliphatic imine (C=N–C) groups is 1. The van der Waals surface area contributed by atoms with Gasteiger partial charge in [0, 0.05) is 30.4 Å². The summed E-state index contributed by atoms with van der Waals surface area (Å²) in [6.07, 6.45) is 3.80. The second-order valence-corrected chi connectivity index (χ2v) is 4.90. The predicted molar refractivity (Wildman–Crippen MR) is 80.5 cm³/mol. The Morgan fingerprint density at radius 1 is 1.33 bits per heavy atom. The van der Waals surface area contributed by atoms with Crippen molar-refractivity contribution in [3.8, 4) is 0 Å². The lowest BCUT2D eigenvalue weighted by molar-refractivity contribution is -0.163. The number of hydroxylamine groups is 2. The molecule has 0 unspecified atom stereocenters. The normalized spacial score (nSPS) is 16.9. The molecule has 3 rings (SSSR count). The Morgan fingerprint density at radius 2 is 2.10 bits per heavy atom. The van der Waals surface area contributed by atoms with E-state index in [1.165, 1.54) is 12.2 Å². The zero-order chi connectivity index (χ0) is 14.8. The molecule has 5 heteroatoms. The second-order valence-electron chi connectivity index (χ2n) is 4.90. The van der Waals surface area contributed by atoms with Crippen molar-refractivity contribution in [1.82, 2.24) is 9.96 Å². The first kappa shape index (κ1) is 13.6. The minimum atomic E-state index is -0.141. The fourth-order valence-electron chi connectivity index (χ4n) is 2.47. The Kier molecular flexibility index (Phi) is 3.58. The SMILES string of the molecule is CON(C)C(=O)C1=CCN2C(=C1)CN=C2c1ccccc1. The molecule has 0 fully saturated rings. The maximum atomic E-state index is 12.1. The Bertz CT molecular complexity index is 647. The highest BCUT2D eigenvalue weighted by atomic mass is 16.7. The fraction of sp³-hybridized carbons (Fsp3) is 0.250. The van der Waals surface area contributed by atoms with Gasteiger partial charge in [0.05, 0.1) is 13.7 Å². The predicted octanol–water partition coefficient (Wildman–Crippen LogP) is 1.59. The van der Waals surface area contributed by atoms with E-state index in [0.717, 1.165) is 17.1 Å². The van der Waals surface area contributed by atoms with Crippen LogP contribution in [0.4, 0.5) is 0 Å². The molecule has 108 valence electrons. The minimum absolute atomic E-state index is 0.141. The fourth-order valence-corrected chi connectivity index (χ4v) is 2.47. The first-order chi connectivity index (χ1) is 10.2. The molecule has 1 aromatic rings. The molecule has 0 radical (unpaired) electrons. The lowest BCUT2D eigenvalue weighted by atomic mass is 10.1. The third-order valence-corrected chi connectivity index (χ3v) is 3.65. The minimum Gasteiger partial charge on any atom is -0.324 e. The zero-order valence-corrected chi connectivity index (χ0v) is 12.1. The van der Waals surface area contributed by atoms with Crippen LogP contribution in [-0.4, -0.2) is 49.0 Å². The number of amides is 1. The lowest BCUT2D eigenvalue weighted by Crippen LogP contribution is -2.33. The van der Waals surface area contributed by atoms with Crippen molar-refractivity contribution in [3.63, 3.8) is 0 Å². The smallest absolute Gasteiger partial charge is 0.276 e. The molecule has 2 heterocycles. The summed E-state index contributed by atoms with van der Waals surface area (Å²) in [5, 5.41) is 1.23. The summed E-state index contributed by atoms with van der Waals surface area (Å²) in [6.45, 7) is 1.25. The van der Waals surface area contributed by atoms with Crippen LogP contribution in [-0.2, 0) is 9.63 Å². The Balaban J connectivity index is 1.80. The third-order valence-electron chi connectivity index (χ3n) is 3.65. The first-order valence-electron chi connectivity index (χ1n) is 6.81. The van der Waals surface area contributed by atoms with E-state index in [4.69, 9.17) is 4.84 Å². The first-order valence-corrected chi connectivity index (χ1v) is 6.81. The van der Waals surface area contributed by atoms with Gasteiger partial charge in [0.25, 0.3) is 5.91 Å². The van der Waals surface area contributed by atoms with E-state index >= 15 is 0 Å². The van der Waals surface area contributed by atoms with Crippen LogP contribution in [0.5, 0.6) is 0 Å². The molecule has 2 aliphatic rings. The summed E-state index contributed by atoms with van der Waals surface area (Å²) in [5.41, 5.74) is 2.79. The summed E-state index contributed by atoms with van der Waals surface area (Å²) in [5.74, 6) is 0.822. The number of amidine groups is 1. The molecule has 0 bridgehead atoms. The van der Waals surface area contributed by atoms with E-state index < -0.39 is 0 Å². The average molecular weight is 283 g/mol. The Labute approximate surface area is 123 Å². The van der Waals surface area contributed by atoms with Gasteiger partial charge in [0.1, 0.15) is 5.84 Å². The third kappa shape index (κ3) is 2.48. The molecule has 1 amide bonds. The van der Waals surface area contributed by atoms with Crippen molar-refractivity contribution in [1.29, 1.82) is 0 Å². The standard InChI is InChI=1S/C16H17N3O2/c1-18(21-2)16(20)13-8-9-19-14(10-13)11-17-15(19)12-6-4-3-5-7-12/h3-8,10H,9,11H2,1-2H3. The monoisotopic (exact) mass is 283 g/mol. The number of hydrogen-bond acceptors (Lipinski definition) is 4. The molecule has 2 aliphatic heterocycles. The van der Waals surface area contributed by atoms with E-state index in [-0.39, 0.29) is 5.91 Å². The van der Waals surface area contributed by atoms with E-state index in [1.54, 1.807) is 7.05 Å². The van der Waals surface area contributed by atoms with Crippen molar-refractivity contribution >= 4 is 11.7 Å². The summed E-state index contributed by atoms with van der Waals surface area (Å²) in [6, 6.07) is 10.1. The van der Waals surface area contributed by atoms with Gasteiger partial charge in [0.2, 0.25) is 0 Å². The van der Waals surface area contributed by atoms with Crippen molar-refractivity contribution in [2.24, 2.45) is 4.99 Å². The van der Waals surface area contributed by atoms with Gasteiger partial charge in [-0.3, -0.25) is 14.6 Å². The van der Waals surface area contributed by atoms with Crippen molar-refractivity contribution in [2.75, 3.05) is 27.2 Å². The molecule has 5 nitrogen and oxygen atoms in total. The number of benzene rings is 1. The van der Waals surface area contributed by atoms with Crippen molar-refractivity contribution < 1.29 is 9.63 Å². The number of nitrogens with zero attached hydrogens (tertiary/aromatic N) is 3. The molecule has 0 aromatic heterocycles. The maximum Gasteiger partial charge on any atom is 0.276 e. The van der Waals surface area contributed by atoms with E-state index in [0.29, 0.717) is 18.7 Å². The summed E-state index contributed by atoms with van der Waals surface area (Å²) in [4.78, 5) is 23.8. The van der Waals surface area contributed by atoms with Gasteiger partial charge in [-0.15, -0.1) is 0 Å². The molecule has 0 saturated carbocycles. The van der Waals surface area contributed by atoms with Gasteiger partial charge < -0.3 is 4.90 Å². The van der Waals surface area contributed by atoms with Gasteiger partial charge in [-0.05, 0) is 6.08 Å².